The Labute approximate surface area is 163 Å². The molecule has 2 atom stereocenters. The number of nitrogens with zero attached hydrogens (tertiary/aromatic N) is 1. The number of fused-ring (bicyclic) bond motifs is 1. The molecule has 0 aromatic heterocycles. The van der Waals surface area contributed by atoms with Crippen molar-refractivity contribution in [2.24, 2.45) is 0 Å². The van der Waals surface area contributed by atoms with Crippen LogP contribution in [0.1, 0.15) is 30.6 Å². The number of likely N-dealkylation sites (N-methyl/N-ethyl adjacent to an activating group) is 1. The molecule has 0 spiro atoms. The lowest BCUT2D eigenvalue weighted by atomic mass is 10.0. The molecule has 1 fully saturated rings. The summed E-state index contributed by atoms with van der Waals surface area (Å²) in [4.78, 5) is 26.7. The van der Waals surface area contributed by atoms with Gasteiger partial charge in [-0.05, 0) is 39.1 Å². The molecule has 1 aromatic rings. The number of thioether (sulfide) groups is 1. The van der Waals surface area contributed by atoms with Crippen LogP contribution < -0.4 is 14.8 Å². The summed E-state index contributed by atoms with van der Waals surface area (Å²) in [5, 5.41) is 2.92. The Morgan fingerprint density at radius 3 is 2.74 bits per heavy atom. The Bertz CT molecular complexity index is 695. The molecule has 2 unspecified atom stereocenters. The number of Topliss-reactive ketones (excluding diaryl/α,β-unsaturated/α-hetero) is 1. The fourth-order valence-electron chi connectivity index (χ4n) is 2.85. The van der Waals surface area contributed by atoms with Crippen LogP contribution in [0.5, 0.6) is 11.5 Å². The maximum atomic E-state index is 12.8. The van der Waals surface area contributed by atoms with Gasteiger partial charge in [-0.25, -0.2) is 0 Å². The summed E-state index contributed by atoms with van der Waals surface area (Å²) in [6.07, 6.45) is 0.344. The highest BCUT2D eigenvalue weighted by Gasteiger charge is 2.26. The highest BCUT2D eigenvalue weighted by molar-refractivity contribution is 8.00. The standard InChI is InChI=1S/C19H26N2O5S/c1-12(19(23)14-4-5-16-17(8-14)26-11-25-16)21(3)13(2)20-18(22)6-7-24-15-9-27-10-15/h4-5,8,12-13,15H,6-7,9-11H2,1-3H3,(H,20,22). The van der Waals surface area contributed by atoms with Crippen molar-refractivity contribution >= 4 is 23.5 Å². The minimum Gasteiger partial charge on any atom is -0.454 e. The van der Waals surface area contributed by atoms with E-state index in [2.05, 4.69) is 5.32 Å². The van der Waals surface area contributed by atoms with Gasteiger partial charge in [0, 0.05) is 17.1 Å². The number of ketones is 1. The smallest absolute Gasteiger partial charge is 0.231 e. The number of benzene rings is 1. The van der Waals surface area contributed by atoms with Crippen LogP contribution in [-0.2, 0) is 9.53 Å². The van der Waals surface area contributed by atoms with Crippen molar-refractivity contribution in [3.8, 4) is 11.5 Å². The first kappa shape index (κ1) is 20.0. The quantitative estimate of drug-likeness (QED) is 0.506. The van der Waals surface area contributed by atoms with E-state index < -0.39 is 6.04 Å². The second-order valence-electron chi connectivity index (χ2n) is 6.80. The van der Waals surface area contributed by atoms with Crippen molar-refractivity contribution < 1.29 is 23.8 Å². The van der Waals surface area contributed by atoms with Gasteiger partial charge in [0.2, 0.25) is 12.7 Å². The Morgan fingerprint density at radius 2 is 2.04 bits per heavy atom. The van der Waals surface area contributed by atoms with Gasteiger partial charge < -0.3 is 19.5 Å². The summed E-state index contributed by atoms with van der Waals surface area (Å²) in [6, 6.07) is 4.78. The molecule has 27 heavy (non-hydrogen) atoms. The van der Waals surface area contributed by atoms with E-state index in [1.807, 2.05) is 37.6 Å². The Kier molecular flexibility index (Phi) is 6.62. The molecule has 0 radical (unpaired) electrons. The fraction of sp³-hybridized carbons (Fsp3) is 0.579. The van der Waals surface area contributed by atoms with Crippen molar-refractivity contribution in [3.63, 3.8) is 0 Å². The van der Waals surface area contributed by atoms with Gasteiger partial charge in [-0.3, -0.25) is 14.5 Å². The summed E-state index contributed by atoms with van der Waals surface area (Å²) < 4.78 is 16.2. The third-order valence-corrected chi connectivity index (χ3v) is 6.13. The van der Waals surface area contributed by atoms with Gasteiger partial charge in [-0.2, -0.15) is 11.8 Å². The number of rotatable bonds is 9. The van der Waals surface area contributed by atoms with E-state index in [1.54, 1.807) is 18.2 Å². The number of ether oxygens (including phenoxy) is 3. The lowest BCUT2D eigenvalue weighted by Gasteiger charge is -2.30. The first-order chi connectivity index (χ1) is 13.0. The number of carbonyl (C=O) groups excluding carboxylic acids is 2. The molecule has 7 nitrogen and oxygen atoms in total. The highest BCUT2D eigenvalue weighted by atomic mass is 32.2. The largest absolute Gasteiger partial charge is 0.454 e. The number of nitrogens with one attached hydrogen (secondary N) is 1. The van der Waals surface area contributed by atoms with E-state index in [4.69, 9.17) is 14.2 Å². The Hall–Kier alpha value is -1.77. The molecule has 2 heterocycles. The maximum Gasteiger partial charge on any atom is 0.231 e. The van der Waals surface area contributed by atoms with Gasteiger partial charge in [0.25, 0.3) is 0 Å². The van der Waals surface area contributed by atoms with Crippen LogP contribution in [0.25, 0.3) is 0 Å². The van der Waals surface area contributed by atoms with Gasteiger partial charge in [0.15, 0.2) is 17.3 Å². The topological polar surface area (TPSA) is 77.1 Å². The van der Waals surface area contributed by atoms with Crippen molar-refractivity contribution in [2.45, 2.75) is 38.6 Å². The second kappa shape index (κ2) is 8.95. The van der Waals surface area contributed by atoms with Crippen LogP contribution >= 0.6 is 11.8 Å². The van der Waals surface area contributed by atoms with Crippen LogP contribution in [-0.4, -0.2) is 66.9 Å². The minimum atomic E-state index is -0.399. The lowest BCUT2D eigenvalue weighted by molar-refractivity contribution is -0.124. The minimum absolute atomic E-state index is 0.0392. The molecule has 0 bridgehead atoms. The molecule has 8 heteroatoms. The van der Waals surface area contributed by atoms with E-state index in [1.165, 1.54) is 0 Å². The summed E-state index contributed by atoms with van der Waals surface area (Å²) >= 11 is 1.85. The monoisotopic (exact) mass is 394 g/mol. The molecule has 1 N–H and O–H groups in total. The van der Waals surface area contributed by atoms with Crippen LogP contribution in [0, 0.1) is 0 Å². The van der Waals surface area contributed by atoms with E-state index in [9.17, 15) is 9.59 Å². The number of amides is 1. The predicted octanol–water partition coefficient (Wildman–Crippen LogP) is 1.90. The molecule has 1 amide bonds. The molecule has 148 valence electrons. The average Bonchev–Trinajstić information content (AvgIpc) is 3.09. The second-order valence-corrected chi connectivity index (χ2v) is 7.87. The molecular formula is C19H26N2O5S. The molecule has 1 saturated heterocycles. The van der Waals surface area contributed by atoms with Gasteiger partial charge in [-0.15, -0.1) is 0 Å². The molecule has 0 aliphatic carbocycles. The van der Waals surface area contributed by atoms with E-state index >= 15 is 0 Å². The average molecular weight is 394 g/mol. The summed E-state index contributed by atoms with van der Waals surface area (Å²) in [5.41, 5.74) is 0.559. The van der Waals surface area contributed by atoms with Crippen molar-refractivity contribution in [3.05, 3.63) is 23.8 Å². The summed E-state index contributed by atoms with van der Waals surface area (Å²) in [7, 11) is 1.82. The third kappa shape index (κ3) is 4.94. The van der Waals surface area contributed by atoms with Gasteiger partial charge in [-0.1, -0.05) is 0 Å². The Balaban J connectivity index is 1.48. The summed E-state index contributed by atoms with van der Waals surface area (Å²) in [5.74, 6) is 3.14. The first-order valence-electron chi connectivity index (χ1n) is 9.10. The normalized spacial score (nSPS) is 18.1. The molecule has 2 aliphatic heterocycles. The van der Waals surface area contributed by atoms with Crippen molar-refractivity contribution in [2.75, 3.05) is 32.0 Å². The van der Waals surface area contributed by atoms with E-state index in [0.717, 1.165) is 11.5 Å². The molecular weight excluding hydrogens is 368 g/mol. The van der Waals surface area contributed by atoms with Crippen LogP contribution in [0.2, 0.25) is 0 Å². The first-order valence-corrected chi connectivity index (χ1v) is 10.3. The number of carbonyl (C=O) groups is 2. The van der Waals surface area contributed by atoms with Crippen molar-refractivity contribution in [1.82, 2.24) is 10.2 Å². The lowest BCUT2D eigenvalue weighted by Crippen LogP contribution is -2.50. The zero-order valence-corrected chi connectivity index (χ0v) is 16.7. The number of hydrogen-bond donors (Lipinski definition) is 1. The van der Waals surface area contributed by atoms with Crippen LogP contribution in [0.3, 0.4) is 0 Å². The maximum absolute atomic E-state index is 12.8. The molecule has 1 aromatic carbocycles. The zero-order chi connectivity index (χ0) is 19.4. The highest BCUT2D eigenvalue weighted by Crippen LogP contribution is 2.33. The molecule has 2 aliphatic rings. The van der Waals surface area contributed by atoms with Crippen molar-refractivity contribution in [1.29, 1.82) is 0 Å². The SMILES string of the molecule is CC(NC(=O)CCOC1CSC1)N(C)C(C)C(=O)c1ccc2c(c1)OCO2. The molecule has 0 saturated carbocycles. The van der Waals surface area contributed by atoms with Crippen LogP contribution in [0.4, 0.5) is 0 Å². The van der Waals surface area contributed by atoms with E-state index in [-0.39, 0.29) is 24.6 Å². The van der Waals surface area contributed by atoms with Gasteiger partial charge >= 0.3 is 0 Å². The van der Waals surface area contributed by atoms with E-state index in [0.29, 0.717) is 36.2 Å². The third-order valence-electron chi connectivity index (χ3n) is 4.92. The molecule has 3 rings (SSSR count). The fourth-order valence-corrected chi connectivity index (χ4v) is 3.47. The predicted molar refractivity (Wildman–Crippen MR) is 103 cm³/mol. The summed E-state index contributed by atoms with van der Waals surface area (Å²) in [6.45, 7) is 4.30. The number of hydrogen-bond acceptors (Lipinski definition) is 7. The Morgan fingerprint density at radius 1 is 1.30 bits per heavy atom. The zero-order valence-electron chi connectivity index (χ0n) is 15.9. The van der Waals surface area contributed by atoms with Crippen LogP contribution in [0.15, 0.2) is 18.2 Å². The van der Waals surface area contributed by atoms with Gasteiger partial charge in [0.1, 0.15) is 0 Å². The van der Waals surface area contributed by atoms with Gasteiger partial charge in [0.05, 0.1) is 31.3 Å².